The number of hydrogen-bond donors (Lipinski definition) is 1. The summed E-state index contributed by atoms with van der Waals surface area (Å²) < 4.78 is 48.3. The molecule has 3 heterocycles. The van der Waals surface area contributed by atoms with Crippen molar-refractivity contribution in [1.29, 1.82) is 0 Å². The van der Waals surface area contributed by atoms with Crippen molar-refractivity contribution >= 4 is 33.2 Å². The molecule has 1 aliphatic carbocycles. The van der Waals surface area contributed by atoms with Gasteiger partial charge in [-0.2, -0.15) is 0 Å². The Morgan fingerprint density at radius 1 is 0.917 bits per heavy atom. The second-order valence-corrected chi connectivity index (χ2v) is 17.1. The molecule has 2 fully saturated rings. The lowest BCUT2D eigenvalue weighted by molar-refractivity contribution is -0.241. The van der Waals surface area contributed by atoms with E-state index in [1.54, 1.807) is 6.07 Å². The largest absolute Gasteiger partial charge is 0.487 e. The number of likely N-dealkylation sites (N-methyl/N-ethyl adjacent to an activating group) is 1. The van der Waals surface area contributed by atoms with Crippen LogP contribution in [-0.4, -0.2) is 77.7 Å². The summed E-state index contributed by atoms with van der Waals surface area (Å²) in [5.74, 6) is 1.06. The summed E-state index contributed by atoms with van der Waals surface area (Å²) in [6, 6.07) is 11.5. The molecule has 0 radical (unpaired) electrons. The predicted molar refractivity (Wildman–Crippen MR) is 189 cm³/mol. The maximum absolute atomic E-state index is 13.4. The van der Waals surface area contributed by atoms with Gasteiger partial charge in [-0.15, -0.1) is 0 Å². The van der Waals surface area contributed by atoms with Gasteiger partial charge in [0.1, 0.15) is 12.4 Å². The highest BCUT2D eigenvalue weighted by Gasteiger charge is 2.44. The normalized spacial score (nSPS) is 31.7. The number of sulfonamides is 1. The smallest absolute Gasteiger partial charge is 0.264 e. The van der Waals surface area contributed by atoms with Gasteiger partial charge in [-0.3, -0.25) is 4.79 Å². The number of carbonyl (C=O) groups excluding carboxylic acids is 1. The maximum Gasteiger partial charge on any atom is 0.264 e. The van der Waals surface area contributed by atoms with Crippen molar-refractivity contribution in [3.8, 4) is 5.75 Å². The predicted octanol–water partition coefficient (Wildman–Crippen LogP) is 6.13. The number of halogens is 1. The molecule has 3 aliphatic heterocycles. The molecule has 2 bridgehead atoms. The standard InChI is InChI=1S/C37H52ClN3O6S/c1-24-8-13-33(37-46-21-31(22-47-37)40(3)4)32-14-10-28(32)19-41-16-6-5-7-26-17-30(38)12-9-29(26)20-45-35-15-11-27(18-34(35)41)36(42)39-48(43,44)23-25(24)2/h9,11-12,15,17-18,24-25,28,31-33,37H,5-8,10,13-14,16,19-23H2,1-4H3,(H,39,42)/t24-,25+,28+,31-,32-,33-,37-/m1/s1. The Morgan fingerprint density at radius 2 is 1.69 bits per heavy atom. The summed E-state index contributed by atoms with van der Waals surface area (Å²) in [5, 5.41) is 0.720. The lowest BCUT2D eigenvalue weighted by atomic mass is 9.64. The van der Waals surface area contributed by atoms with Crippen molar-refractivity contribution in [1.82, 2.24) is 9.62 Å². The number of hydrogen-bond acceptors (Lipinski definition) is 8. The Morgan fingerprint density at radius 3 is 2.42 bits per heavy atom. The molecular weight excluding hydrogens is 650 g/mol. The SMILES string of the molecule is C[C@@H]1CC[C@@H]([C@H]2OC[C@H](N(C)C)CO2)[C@@H]2CC[C@H]2CN2CCCCc3cc(Cl)ccc3COc3ccc(cc32)C(=O)NS(=O)(=O)C[C@@H]1C. The lowest BCUT2D eigenvalue weighted by Gasteiger charge is -2.48. The van der Waals surface area contributed by atoms with Gasteiger partial charge >= 0.3 is 0 Å². The topological polar surface area (TPSA) is 97.4 Å². The molecule has 0 aromatic heterocycles. The van der Waals surface area contributed by atoms with Gasteiger partial charge in [0.25, 0.3) is 5.91 Å². The maximum atomic E-state index is 13.4. The first-order valence-corrected chi connectivity index (χ1v) is 19.7. The molecule has 1 N–H and O–H groups in total. The first-order chi connectivity index (χ1) is 23.0. The number of aryl methyl sites for hydroxylation is 1. The molecule has 6 rings (SSSR count). The fraction of sp³-hybridized carbons (Fsp3) is 0.649. The van der Waals surface area contributed by atoms with Crippen LogP contribution in [0, 0.1) is 29.6 Å². The van der Waals surface area contributed by atoms with Crippen LogP contribution in [0.4, 0.5) is 5.69 Å². The molecule has 1 saturated carbocycles. The number of fused-ring (bicyclic) bond motifs is 3. The zero-order chi connectivity index (χ0) is 34.0. The van der Waals surface area contributed by atoms with Gasteiger partial charge in [0, 0.05) is 29.6 Å². The van der Waals surface area contributed by atoms with Crippen LogP contribution in [0.15, 0.2) is 36.4 Å². The Bertz CT molecular complexity index is 1550. The lowest BCUT2D eigenvalue weighted by Crippen LogP contribution is -2.51. The number of amides is 1. The highest BCUT2D eigenvalue weighted by molar-refractivity contribution is 7.90. The van der Waals surface area contributed by atoms with Gasteiger partial charge in [-0.25, -0.2) is 13.1 Å². The molecule has 0 unspecified atom stereocenters. The van der Waals surface area contributed by atoms with Crippen LogP contribution >= 0.6 is 11.6 Å². The molecule has 2 aromatic carbocycles. The van der Waals surface area contributed by atoms with Crippen LogP contribution in [-0.2, 0) is 32.5 Å². The van der Waals surface area contributed by atoms with Crippen molar-refractivity contribution < 1.29 is 27.4 Å². The number of carbonyl (C=O) groups is 1. The molecule has 5 atom stereocenters. The third kappa shape index (κ3) is 8.32. The summed E-state index contributed by atoms with van der Waals surface area (Å²) in [4.78, 5) is 18.0. The minimum atomic E-state index is -3.86. The second kappa shape index (κ2) is 15.3. The van der Waals surface area contributed by atoms with Crippen molar-refractivity contribution in [2.45, 2.75) is 77.7 Å². The van der Waals surface area contributed by atoms with Gasteiger partial charge in [-0.05, 0) is 124 Å². The summed E-state index contributed by atoms with van der Waals surface area (Å²) in [5.41, 5.74) is 3.42. The van der Waals surface area contributed by atoms with E-state index in [9.17, 15) is 13.2 Å². The quantitative estimate of drug-likeness (QED) is 0.400. The summed E-state index contributed by atoms with van der Waals surface area (Å²) in [6.45, 7) is 7.36. The van der Waals surface area contributed by atoms with Gasteiger partial charge < -0.3 is 24.0 Å². The Kier molecular flexibility index (Phi) is 11.3. The number of ether oxygens (including phenoxy) is 3. The molecule has 0 spiro atoms. The van der Waals surface area contributed by atoms with E-state index < -0.39 is 15.9 Å². The van der Waals surface area contributed by atoms with E-state index >= 15 is 0 Å². The first kappa shape index (κ1) is 35.5. The van der Waals surface area contributed by atoms with Crippen molar-refractivity contribution in [2.24, 2.45) is 29.6 Å². The summed E-state index contributed by atoms with van der Waals surface area (Å²) in [6.07, 6.45) is 6.58. The highest BCUT2D eigenvalue weighted by Crippen LogP contribution is 2.46. The number of rotatable bonds is 2. The number of nitrogens with one attached hydrogen (secondary N) is 1. The molecule has 1 saturated heterocycles. The van der Waals surface area contributed by atoms with Crippen LogP contribution in [0.3, 0.4) is 0 Å². The molecule has 48 heavy (non-hydrogen) atoms. The Labute approximate surface area is 291 Å². The van der Waals surface area contributed by atoms with E-state index in [-0.39, 0.29) is 35.8 Å². The van der Waals surface area contributed by atoms with Gasteiger partial charge in [0.2, 0.25) is 10.0 Å². The van der Waals surface area contributed by atoms with E-state index in [1.807, 2.05) is 37.3 Å². The molecule has 264 valence electrons. The van der Waals surface area contributed by atoms with Gasteiger partial charge in [0.05, 0.1) is 30.7 Å². The number of benzene rings is 2. The van der Waals surface area contributed by atoms with Gasteiger partial charge in [0.15, 0.2) is 6.29 Å². The summed E-state index contributed by atoms with van der Waals surface area (Å²) in [7, 11) is 0.259. The van der Waals surface area contributed by atoms with E-state index in [2.05, 4.69) is 35.5 Å². The Hall–Kier alpha value is -2.37. The minimum absolute atomic E-state index is 0.110. The second-order valence-electron chi connectivity index (χ2n) is 14.8. The van der Waals surface area contributed by atoms with Crippen molar-refractivity contribution in [2.75, 3.05) is 51.1 Å². The van der Waals surface area contributed by atoms with Crippen LogP contribution in [0.2, 0.25) is 5.02 Å². The van der Waals surface area contributed by atoms with Gasteiger partial charge in [-0.1, -0.05) is 31.5 Å². The average molecular weight is 702 g/mol. The average Bonchev–Trinajstić information content (AvgIpc) is 3.07. The van der Waals surface area contributed by atoms with Crippen LogP contribution in [0.25, 0.3) is 0 Å². The molecular formula is C37H52ClN3O6S. The van der Waals surface area contributed by atoms with Crippen LogP contribution in [0.5, 0.6) is 5.75 Å². The molecule has 2 aromatic rings. The number of nitrogens with zero attached hydrogens (tertiary/aromatic N) is 2. The molecule has 4 aliphatic rings. The highest BCUT2D eigenvalue weighted by atomic mass is 35.5. The zero-order valence-corrected chi connectivity index (χ0v) is 30.4. The third-order valence-corrected chi connectivity index (χ3v) is 13.1. The molecule has 1 amide bonds. The van der Waals surface area contributed by atoms with E-state index in [1.165, 1.54) is 5.56 Å². The number of anilines is 1. The first-order valence-electron chi connectivity index (χ1n) is 17.7. The fourth-order valence-electron chi connectivity index (χ4n) is 7.85. The molecule has 9 nitrogen and oxygen atoms in total. The monoisotopic (exact) mass is 701 g/mol. The van der Waals surface area contributed by atoms with E-state index in [0.717, 1.165) is 74.3 Å². The van der Waals surface area contributed by atoms with E-state index in [0.29, 0.717) is 43.0 Å². The van der Waals surface area contributed by atoms with Crippen molar-refractivity contribution in [3.05, 3.63) is 58.1 Å². The Balaban J connectivity index is 1.34. The molecule has 11 heteroatoms. The van der Waals surface area contributed by atoms with E-state index in [4.69, 9.17) is 25.8 Å². The van der Waals surface area contributed by atoms with Crippen LogP contribution < -0.4 is 14.4 Å². The van der Waals surface area contributed by atoms with Crippen LogP contribution in [0.1, 0.15) is 73.9 Å². The third-order valence-electron chi connectivity index (χ3n) is 11.4. The minimum Gasteiger partial charge on any atom is -0.487 e. The van der Waals surface area contributed by atoms with Crippen molar-refractivity contribution in [3.63, 3.8) is 0 Å². The summed E-state index contributed by atoms with van der Waals surface area (Å²) >= 11 is 6.37. The zero-order valence-electron chi connectivity index (χ0n) is 28.8. The fourth-order valence-corrected chi connectivity index (χ4v) is 9.54.